The Kier molecular flexibility index (Phi) is 12.2. The summed E-state index contributed by atoms with van der Waals surface area (Å²) in [5.74, 6) is -0.852. The van der Waals surface area contributed by atoms with Crippen LogP contribution in [-0.4, -0.2) is 44.7 Å². The fourth-order valence-electron chi connectivity index (χ4n) is 5.73. The number of nitrogens with one attached hydrogen (secondary N) is 1. The quantitative estimate of drug-likeness (QED) is 0.0661. The molecule has 4 aromatic rings. The van der Waals surface area contributed by atoms with E-state index in [9.17, 15) is 14.4 Å². The van der Waals surface area contributed by atoms with Gasteiger partial charge in [0.25, 0.3) is 11.8 Å². The van der Waals surface area contributed by atoms with E-state index in [1.165, 1.54) is 4.90 Å². The molecule has 0 bridgehead atoms. The average Bonchev–Trinajstić information content (AvgIpc) is 3.43. The molecule has 1 aliphatic heterocycles. The van der Waals surface area contributed by atoms with Gasteiger partial charge in [-0.3, -0.25) is 19.3 Å². The summed E-state index contributed by atoms with van der Waals surface area (Å²) in [6.07, 6.45) is 10.0. The van der Waals surface area contributed by atoms with Crippen LogP contribution >= 0.6 is 11.8 Å². The maximum Gasteiger partial charge on any atom is 0.285 e. The molecule has 0 saturated carbocycles. The molecule has 5 rings (SSSR count). The molecule has 9 heteroatoms. The molecule has 0 atom stereocenters. The third-order valence-corrected chi connectivity index (χ3v) is 9.08. The smallest absolute Gasteiger partial charge is 0.285 e. The average molecular weight is 697 g/mol. The highest BCUT2D eigenvalue weighted by atomic mass is 32.2. The number of allylic oxidation sites excluding steroid dienone is 4. The van der Waals surface area contributed by atoms with Crippen molar-refractivity contribution in [2.24, 2.45) is 4.99 Å². The molecule has 3 amide bonds. The number of hydrogen-bond acceptors (Lipinski definition) is 5. The van der Waals surface area contributed by atoms with Gasteiger partial charge < -0.3 is 14.6 Å². The summed E-state index contributed by atoms with van der Waals surface area (Å²) in [7, 11) is 0. The number of rotatable bonds is 13. The molecule has 0 fully saturated rings. The highest BCUT2D eigenvalue weighted by molar-refractivity contribution is 8.14. The lowest BCUT2D eigenvalue weighted by atomic mass is 9.99. The number of thioether (sulfide) groups is 1. The van der Waals surface area contributed by atoms with Crippen molar-refractivity contribution in [2.75, 3.05) is 12.4 Å². The fourth-order valence-corrected chi connectivity index (χ4v) is 6.53. The Labute approximate surface area is 303 Å². The Balaban J connectivity index is 1.43. The summed E-state index contributed by atoms with van der Waals surface area (Å²) < 4.78 is 7.67. The molecule has 1 N–H and O–H groups in total. The van der Waals surface area contributed by atoms with Crippen molar-refractivity contribution in [3.05, 3.63) is 174 Å². The van der Waals surface area contributed by atoms with E-state index in [0.29, 0.717) is 17.9 Å². The molecule has 3 aromatic carbocycles. The van der Waals surface area contributed by atoms with Crippen molar-refractivity contribution < 1.29 is 19.1 Å². The van der Waals surface area contributed by atoms with Gasteiger partial charge in [0.2, 0.25) is 5.91 Å². The molecule has 2 heterocycles. The zero-order chi connectivity index (χ0) is 36.3. The van der Waals surface area contributed by atoms with Crippen LogP contribution in [0.3, 0.4) is 0 Å². The number of nitrogens with zero attached hydrogens (tertiary/aromatic N) is 3. The van der Waals surface area contributed by atoms with Crippen LogP contribution in [0.15, 0.2) is 151 Å². The third kappa shape index (κ3) is 8.63. The van der Waals surface area contributed by atoms with Gasteiger partial charge in [-0.05, 0) is 79.9 Å². The third-order valence-electron chi connectivity index (χ3n) is 8.15. The van der Waals surface area contributed by atoms with E-state index in [4.69, 9.17) is 4.74 Å². The topological polar surface area (TPSA) is 93.0 Å². The summed E-state index contributed by atoms with van der Waals surface area (Å²) in [4.78, 5) is 47.0. The molecular weight excluding hydrogens is 657 g/mol. The number of carbonyl (C=O) groups excluding carboxylic acids is 3. The monoisotopic (exact) mass is 696 g/mol. The molecule has 0 unspecified atom stereocenters. The molecule has 1 aromatic heterocycles. The second-order valence-corrected chi connectivity index (χ2v) is 12.5. The van der Waals surface area contributed by atoms with Gasteiger partial charge in [-0.15, -0.1) is 0 Å². The van der Waals surface area contributed by atoms with E-state index in [1.807, 2.05) is 109 Å². The predicted octanol–water partition coefficient (Wildman–Crippen LogP) is 8.05. The molecule has 1 aliphatic rings. The number of aliphatic imine (C=N–C) groups is 1. The van der Waals surface area contributed by atoms with E-state index < -0.39 is 11.8 Å². The van der Waals surface area contributed by atoms with Gasteiger partial charge in [-0.1, -0.05) is 110 Å². The van der Waals surface area contributed by atoms with Gasteiger partial charge in [-0.2, -0.15) is 4.99 Å². The van der Waals surface area contributed by atoms with Crippen LogP contribution in [0.1, 0.15) is 41.0 Å². The Bertz CT molecular complexity index is 2000. The highest BCUT2D eigenvalue weighted by Gasteiger charge is 2.35. The number of ether oxygens (including phenoxy) is 1. The number of aryl methyl sites for hydroxylation is 1. The molecule has 8 nitrogen and oxygen atoms in total. The molecule has 0 aliphatic carbocycles. The minimum absolute atomic E-state index is 0.0775. The number of hydrogen-bond donors (Lipinski definition) is 1. The molecule has 0 spiro atoms. The minimum Gasteiger partial charge on any atom is -0.490 e. The first kappa shape index (κ1) is 36.4. The number of aromatic nitrogens is 1. The van der Waals surface area contributed by atoms with Crippen LogP contribution < -0.4 is 10.1 Å². The van der Waals surface area contributed by atoms with E-state index in [-0.39, 0.29) is 28.4 Å². The predicted molar refractivity (Wildman–Crippen MR) is 207 cm³/mol. The lowest BCUT2D eigenvalue weighted by Crippen LogP contribution is -2.42. The Hall–Kier alpha value is -5.93. The van der Waals surface area contributed by atoms with Crippen LogP contribution in [0.5, 0.6) is 5.75 Å². The van der Waals surface area contributed by atoms with Crippen molar-refractivity contribution in [1.82, 2.24) is 14.8 Å². The molecule has 51 heavy (non-hydrogen) atoms. The van der Waals surface area contributed by atoms with Crippen LogP contribution in [-0.2, 0) is 14.4 Å². The van der Waals surface area contributed by atoms with Crippen LogP contribution in [0.2, 0.25) is 0 Å². The van der Waals surface area contributed by atoms with E-state index in [1.54, 1.807) is 43.4 Å². The SMILES string of the molecule is C=C/C=C\C(=C/C)N1C(=O)/C(=C/c2cc(C)n(-c3ccc(OCC=C)cc3)c2C)C(=O)N=C1SCC(=O)NC(c1ccccc1)c1ccccc1. The molecular formula is C42H40N4O4S. The van der Waals surface area contributed by atoms with E-state index in [2.05, 4.69) is 23.5 Å². The lowest BCUT2D eigenvalue weighted by Gasteiger charge is -2.28. The summed E-state index contributed by atoms with van der Waals surface area (Å²) in [5.41, 5.74) is 5.64. The summed E-state index contributed by atoms with van der Waals surface area (Å²) in [6.45, 7) is 13.5. The van der Waals surface area contributed by atoms with E-state index >= 15 is 0 Å². The first-order chi connectivity index (χ1) is 24.7. The van der Waals surface area contributed by atoms with Gasteiger partial charge in [0.1, 0.15) is 17.9 Å². The van der Waals surface area contributed by atoms with Gasteiger partial charge in [-0.25, -0.2) is 0 Å². The number of amidine groups is 1. The zero-order valence-electron chi connectivity index (χ0n) is 28.9. The summed E-state index contributed by atoms with van der Waals surface area (Å²) in [5, 5.41) is 3.23. The minimum atomic E-state index is -0.678. The maximum atomic E-state index is 14.2. The van der Waals surface area contributed by atoms with Gasteiger partial charge in [0, 0.05) is 22.8 Å². The highest BCUT2D eigenvalue weighted by Crippen LogP contribution is 2.29. The molecule has 0 radical (unpaired) electrons. The first-order valence-corrected chi connectivity index (χ1v) is 17.4. The number of carbonyl (C=O) groups is 3. The second-order valence-electron chi connectivity index (χ2n) is 11.6. The van der Waals surface area contributed by atoms with Crippen LogP contribution in [0.25, 0.3) is 11.8 Å². The normalized spacial score (nSPS) is 14.3. The maximum absolute atomic E-state index is 14.2. The van der Waals surface area contributed by atoms with Crippen molar-refractivity contribution >= 4 is 40.7 Å². The van der Waals surface area contributed by atoms with Crippen LogP contribution in [0.4, 0.5) is 0 Å². The Morgan fingerprint density at radius 3 is 2.20 bits per heavy atom. The van der Waals surface area contributed by atoms with Gasteiger partial charge in [0.15, 0.2) is 5.17 Å². The summed E-state index contributed by atoms with van der Waals surface area (Å²) in [6, 6.07) is 28.6. The van der Waals surface area contributed by atoms with Crippen LogP contribution in [0, 0.1) is 13.8 Å². The van der Waals surface area contributed by atoms with Crippen molar-refractivity contribution in [3.63, 3.8) is 0 Å². The van der Waals surface area contributed by atoms with Crippen molar-refractivity contribution in [2.45, 2.75) is 26.8 Å². The Morgan fingerprint density at radius 1 is 0.961 bits per heavy atom. The van der Waals surface area contributed by atoms with Gasteiger partial charge in [0.05, 0.1) is 11.8 Å². The largest absolute Gasteiger partial charge is 0.490 e. The second kappa shape index (κ2) is 17.1. The van der Waals surface area contributed by atoms with Crippen molar-refractivity contribution in [3.8, 4) is 11.4 Å². The molecule has 258 valence electrons. The Morgan fingerprint density at radius 2 is 1.61 bits per heavy atom. The number of benzene rings is 3. The first-order valence-electron chi connectivity index (χ1n) is 16.4. The molecule has 0 saturated heterocycles. The zero-order valence-corrected chi connectivity index (χ0v) is 29.7. The lowest BCUT2D eigenvalue weighted by molar-refractivity contribution is -0.126. The number of amides is 3. The fraction of sp³-hybridized carbons (Fsp3) is 0.143. The standard InChI is InChI=1S/C42H40N4O4S/c1-6-9-20-34(8-3)46-41(49)37(27-33-26-29(4)45(30(33)5)35-21-23-36(24-22-35)50-25-7-2)40(48)44-42(46)51-28-38(47)43-39(31-16-12-10-13-17-31)32-18-14-11-15-19-32/h6-24,26-27,39H,1-2,25,28H2,3-5H3,(H,43,47)/b20-9-,34-8+,37-27+. The van der Waals surface area contributed by atoms with Gasteiger partial charge >= 0.3 is 0 Å². The summed E-state index contributed by atoms with van der Waals surface area (Å²) >= 11 is 1.03. The van der Waals surface area contributed by atoms with Crippen molar-refractivity contribution in [1.29, 1.82) is 0 Å². The van der Waals surface area contributed by atoms with E-state index in [0.717, 1.165) is 45.7 Å².